The van der Waals surface area contributed by atoms with Gasteiger partial charge in [-0.05, 0) is 44.2 Å². The molecule has 0 bridgehead atoms. The van der Waals surface area contributed by atoms with E-state index in [4.69, 9.17) is 9.73 Å². The van der Waals surface area contributed by atoms with Gasteiger partial charge >= 0.3 is 0 Å². The van der Waals surface area contributed by atoms with E-state index in [1.54, 1.807) is 0 Å². The van der Waals surface area contributed by atoms with E-state index in [1.807, 2.05) is 17.0 Å². The van der Waals surface area contributed by atoms with E-state index in [1.165, 1.54) is 11.1 Å². The summed E-state index contributed by atoms with van der Waals surface area (Å²) < 4.78 is 5.74. The molecule has 2 heterocycles. The lowest BCUT2D eigenvalue weighted by atomic mass is 10.1. The van der Waals surface area contributed by atoms with E-state index < -0.39 is 0 Å². The summed E-state index contributed by atoms with van der Waals surface area (Å²) in [6.07, 6.45) is 3.82. The first-order valence-electron chi connectivity index (χ1n) is 10.7. The number of nitrogens with one attached hydrogen (secondary N) is 1. The summed E-state index contributed by atoms with van der Waals surface area (Å²) >= 11 is 0. The zero-order valence-corrected chi connectivity index (χ0v) is 20.1. The molecule has 1 amide bonds. The number of carbonyl (C=O) groups is 1. The highest BCUT2D eigenvalue weighted by atomic mass is 127. The summed E-state index contributed by atoms with van der Waals surface area (Å²) in [5.41, 5.74) is 2.55. The molecular formula is C22H35IN4O2. The summed E-state index contributed by atoms with van der Waals surface area (Å²) in [7, 11) is 0. The summed E-state index contributed by atoms with van der Waals surface area (Å²) in [5.74, 6) is 1.20. The molecule has 2 aliphatic heterocycles. The minimum absolute atomic E-state index is 0. The number of rotatable bonds is 7. The van der Waals surface area contributed by atoms with Gasteiger partial charge in [0.05, 0.1) is 6.10 Å². The Morgan fingerprint density at radius 3 is 2.38 bits per heavy atom. The topological polar surface area (TPSA) is 57.2 Å². The van der Waals surface area contributed by atoms with Gasteiger partial charge in [0.2, 0.25) is 5.91 Å². The number of halogens is 1. The highest BCUT2D eigenvalue weighted by Gasteiger charge is 2.23. The molecule has 0 unspecified atom stereocenters. The third-order valence-corrected chi connectivity index (χ3v) is 5.48. The lowest BCUT2D eigenvalue weighted by Gasteiger charge is -2.34. The molecule has 0 atom stereocenters. The number of piperidine rings is 1. The molecule has 1 fully saturated rings. The molecule has 0 spiro atoms. The second-order valence-electron chi connectivity index (χ2n) is 7.50. The van der Waals surface area contributed by atoms with Crippen LogP contribution in [0.1, 0.15) is 50.7 Å². The van der Waals surface area contributed by atoms with Gasteiger partial charge in [-0.3, -0.25) is 9.79 Å². The van der Waals surface area contributed by atoms with Crippen LogP contribution in [0, 0.1) is 0 Å². The number of ether oxygens (including phenoxy) is 1. The van der Waals surface area contributed by atoms with Crippen LogP contribution in [0.2, 0.25) is 0 Å². The van der Waals surface area contributed by atoms with Gasteiger partial charge in [-0.1, -0.05) is 24.3 Å². The average molecular weight is 514 g/mol. The predicted octanol–water partition coefficient (Wildman–Crippen LogP) is 3.39. The van der Waals surface area contributed by atoms with Crippen molar-refractivity contribution in [1.82, 2.24) is 15.1 Å². The van der Waals surface area contributed by atoms with Crippen LogP contribution in [0.4, 0.5) is 0 Å². The number of hydrogen-bond donors (Lipinski definition) is 1. The van der Waals surface area contributed by atoms with E-state index in [-0.39, 0.29) is 29.9 Å². The van der Waals surface area contributed by atoms with Crippen molar-refractivity contribution in [1.29, 1.82) is 0 Å². The Morgan fingerprint density at radius 2 is 1.79 bits per heavy atom. The molecule has 1 aromatic rings. The number of benzene rings is 1. The van der Waals surface area contributed by atoms with Crippen molar-refractivity contribution in [2.75, 3.05) is 32.8 Å². The fraction of sp³-hybridized carbons (Fsp3) is 0.636. The molecule has 2 aliphatic rings. The molecule has 7 heteroatoms. The van der Waals surface area contributed by atoms with Crippen molar-refractivity contribution >= 4 is 35.8 Å². The lowest BCUT2D eigenvalue weighted by molar-refractivity contribution is -0.131. The minimum atomic E-state index is 0. The molecule has 162 valence electrons. The van der Waals surface area contributed by atoms with Gasteiger partial charge in [0, 0.05) is 52.3 Å². The highest BCUT2D eigenvalue weighted by molar-refractivity contribution is 14.0. The van der Waals surface area contributed by atoms with Gasteiger partial charge in [-0.2, -0.15) is 0 Å². The number of likely N-dealkylation sites (tertiary alicyclic amines) is 1. The Kier molecular flexibility index (Phi) is 10.2. The first-order chi connectivity index (χ1) is 13.7. The lowest BCUT2D eigenvalue weighted by Crippen LogP contribution is -2.47. The quantitative estimate of drug-likeness (QED) is 0.262. The molecule has 29 heavy (non-hydrogen) atoms. The van der Waals surface area contributed by atoms with Crippen LogP contribution in [0.3, 0.4) is 0 Å². The van der Waals surface area contributed by atoms with Crippen LogP contribution in [-0.2, 0) is 22.6 Å². The van der Waals surface area contributed by atoms with Crippen molar-refractivity contribution in [3.8, 4) is 0 Å². The highest BCUT2D eigenvalue weighted by Crippen LogP contribution is 2.23. The molecule has 0 radical (unpaired) electrons. The molecule has 3 rings (SSSR count). The van der Waals surface area contributed by atoms with Gasteiger partial charge in [0.25, 0.3) is 0 Å². The maximum Gasteiger partial charge on any atom is 0.223 e. The van der Waals surface area contributed by atoms with E-state index in [0.717, 1.165) is 64.6 Å². The third kappa shape index (κ3) is 6.84. The fourth-order valence-electron chi connectivity index (χ4n) is 3.98. The van der Waals surface area contributed by atoms with Crippen LogP contribution in [0.25, 0.3) is 0 Å². The van der Waals surface area contributed by atoms with Crippen molar-refractivity contribution in [2.45, 2.75) is 58.7 Å². The van der Waals surface area contributed by atoms with Crippen LogP contribution in [0.5, 0.6) is 0 Å². The Balaban J connectivity index is 0.00000300. The average Bonchev–Trinajstić information content (AvgIpc) is 3.15. The molecule has 0 aliphatic carbocycles. The SMILES string of the molecule is CCNC(=NCCCC(=O)N1Cc2ccccc2C1)N1CCC(OCC)CC1.I. The normalized spacial score (nSPS) is 17.1. The van der Waals surface area contributed by atoms with E-state index >= 15 is 0 Å². The Labute approximate surface area is 192 Å². The van der Waals surface area contributed by atoms with Crippen LogP contribution >= 0.6 is 24.0 Å². The van der Waals surface area contributed by atoms with Crippen LogP contribution < -0.4 is 5.32 Å². The van der Waals surface area contributed by atoms with Gasteiger partial charge in [0.15, 0.2) is 5.96 Å². The zero-order chi connectivity index (χ0) is 19.8. The van der Waals surface area contributed by atoms with Crippen LogP contribution in [0.15, 0.2) is 29.3 Å². The second kappa shape index (κ2) is 12.4. The smallest absolute Gasteiger partial charge is 0.223 e. The maximum atomic E-state index is 12.5. The molecule has 1 N–H and O–H groups in total. The van der Waals surface area contributed by atoms with Crippen LogP contribution in [-0.4, -0.2) is 60.6 Å². The molecule has 0 saturated carbocycles. The standard InChI is InChI=1S/C22H34N4O2.HI/c1-3-23-22(25-14-11-20(12-15-25)28-4-2)24-13-7-10-21(27)26-16-18-8-5-6-9-19(18)17-26;/h5-6,8-9,20H,3-4,7,10-17H2,1-2H3,(H,23,24);1H. The first kappa shape index (κ1) is 23.9. The first-order valence-corrected chi connectivity index (χ1v) is 10.7. The fourth-order valence-corrected chi connectivity index (χ4v) is 3.98. The number of amides is 1. The van der Waals surface area contributed by atoms with Crippen molar-refractivity contribution in [3.63, 3.8) is 0 Å². The number of carbonyl (C=O) groups excluding carboxylic acids is 1. The summed E-state index contributed by atoms with van der Waals surface area (Å²) in [6.45, 7) is 9.91. The summed E-state index contributed by atoms with van der Waals surface area (Å²) in [6, 6.07) is 8.32. The number of fused-ring (bicyclic) bond motifs is 1. The minimum Gasteiger partial charge on any atom is -0.378 e. The predicted molar refractivity (Wildman–Crippen MR) is 128 cm³/mol. The number of guanidine groups is 1. The molecule has 1 saturated heterocycles. The van der Waals surface area contributed by atoms with E-state index in [9.17, 15) is 4.79 Å². The number of hydrogen-bond acceptors (Lipinski definition) is 3. The Hall–Kier alpha value is -1.35. The molecular weight excluding hydrogens is 479 g/mol. The third-order valence-electron chi connectivity index (χ3n) is 5.48. The molecule has 1 aromatic carbocycles. The number of aliphatic imine (C=N–C) groups is 1. The van der Waals surface area contributed by atoms with Gasteiger partial charge in [-0.25, -0.2) is 0 Å². The Morgan fingerprint density at radius 1 is 1.14 bits per heavy atom. The van der Waals surface area contributed by atoms with Gasteiger partial charge in [-0.15, -0.1) is 24.0 Å². The Bertz CT molecular complexity index is 650. The van der Waals surface area contributed by atoms with Crippen molar-refractivity contribution in [2.24, 2.45) is 4.99 Å². The number of nitrogens with zero attached hydrogens (tertiary/aromatic N) is 3. The van der Waals surface area contributed by atoms with E-state index in [0.29, 0.717) is 19.1 Å². The van der Waals surface area contributed by atoms with Crippen molar-refractivity contribution < 1.29 is 9.53 Å². The summed E-state index contributed by atoms with van der Waals surface area (Å²) in [4.78, 5) is 21.6. The zero-order valence-electron chi connectivity index (χ0n) is 17.7. The van der Waals surface area contributed by atoms with E-state index in [2.05, 4.69) is 36.2 Å². The molecule has 6 nitrogen and oxygen atoms in total. The molecule has 0 aromatic heterocycles. The largest absolute Gasteiger partial charge is 0.378 e. The monoisotopic (exact) mass is 514 g/mol. The maximum absolute atomic E-state index is 12.5. The van der Waals surface area contributed by atoms with Gasteiger partial charge in [0.1, 0.15) is 0 Å². The van der Waals surface area contributed by atoms with Gasteiger partial charge < -0.3 is 19.9 Å². The second-order valence-corrected chi connectivity index (χ2v) is 7.50. The van der Waals surface area contributed by atoms with Crippen molar-refractivity contribution in [3.05, 3.63) is 35.4 Å². The summed E-state index contributed by atoms with van der Waals surface area (Å²) in [5, 5.41) is 3.39.